The number of ether oxygens (including phenoxy) is 2. The van der Waals surface area contributed by atoms with Crippen LogP contribution in [0.5, 0.6) is 11.5 Å². The van der Waals surface area contributed by atoms with Gasteiger partial charge < -0.3 is 14.0 Å². The quantitative estimate of drug-likeness (QED) is 0.693. The normalized spacial score (nSPS) is 15.1. The number of H-pyrrole nitrogens is 1. The second-order valence-corrected chi connectivity index (χ2v) is 8.18. The maximum Gasteiger partial charge on any atom is 0.276 e. The van der Waals surface area contributed by atoms with Crippen molar-refractivity contribution < 1.29 is 9.47 Å². The highest BCUT2D eigenvalue weighted by molar-refractivity contribution is 5.94. The predicted octanol–water partition coefficient (Wildman–Crippen LogP) is 3.03. The van der Waals surface area contributed by atoms with Crippen molar-refractivity contribution in [2.24, 2.45) is 18.9 Å². The minimum absolute atomic E-state index is 0.103. The average molecular weight is 396 g/mol. The second-order valence-electron chi connectivity index (χ2n) is 8.18. The number of pyridine rings is 1. The van der Waals surface area contributed by atoms with E-state index in [1.165, 1.54) is 0 Å². The van der Waals surface area contributed by atoms with E-state index in [1.54, 1.807) is 32.0 Å². The number of aromatic amines is 1. The Hall–Kier alpha value is -2.80. The Labute approximate surface area is 170 Å². The van der Waals surface area contributed by atoms with Gasteiger partial charge in [-0.2, -0.15) is 5.10 Å². The van der Waals surface area contributed by atoms with Crippen LogP contribution in [0, 0.1) is 11.8 Å². The average Bonchev–Trinajstić information content (AvgIpc) is 3.16. The Morgan fingerprint density at radius 2 is 1.86 bits per heavy atom. The summed E-state index contributed by atoms with van der Waals surface area (Å²) >= 11 is 0. The van der Waals surface area contributed by atoms with Gasteiger partial charge in [-0.25, -0.2) is 0 Å². The summed E-state index contributed by atoms with van der Waals surface area (Å²) in [6.07, 6.45) is 3.52. The Kier molecular flexibility index (Phi) is 5.08. The Morgan fingerprint density at radius 1 is 1.21 bits per heavy atom. The second kappa shape index (κ2) is 7.55. The van der Waals surface area contributed by atoms with Crippen LogP contribution in [0.2, 0.25) is 0 Å². The monoisotopic (exact) mass is 396 g/mol. The van der Waals surface area contributed by atoms with Gasteiger partial charge in [-0.15, -0.1) is 0 Å². The zero-order chi connectivity index (χ0) is 20.7. The van der Waals surface area contributed by atoms with Crippen molar-refractivity contribution in [3.05, 3.63) is 40.4 Å². The highest BCUT2D eigenvalue weighted by Gasteiger charge is 2.30. The first kappa shape index (κ1) is 19.5. The molecule has 7 heteroatoms. The molecule has 1 fully saturated rings. The van der Waals surface area contributed by atoms with E-state index in [2.05, 4.69) is 28.9 Å². The van der Waals surface area contributed by atoms with Crippen LogP contribution in [-0.4, -0.2) is 47.0 Å². The van der Waals surface area contributed by atoms with E-state index in [0.29, 0.717) is 11.4 Å². The van der Waals surface area contributed by atoms with Gasteiger partial charge >= 0.3 is 0 Å². The number of aromatic nitrogens is 3. The topological polar surface area (TPSA) is 72.4 Å². The standard InChI is InChI=1S/C22H28N4O3/c1-13(2)15-9-26(10-15)12-18-19(28-4)6-14(7-20(18)29-5)17-11-25(3)22(27)21-16(17)8-23-24-21/h6-8,11,13,15H,9-10,12H2,1-5H3,(H,23,24). The summed E-state index contributed by atoms with van der Waals surface area (Å²) in [5, 5.41) is 7.66. The zero-order valence-corrected chi connectivity index (χ0v) is 17.7. The summed E-state index contributed by atoms with van der Waals surface area (Å²) in [5.74, 6) is 3.04. The molecule has 1 aliphatic rings. The summed E-state index contributed by atoms with van der Waals surface area (Å²) in [7, 11) is 5.11. The fourth-order valence-corrected chi connectivity index (χ4v) is 4.06. The van der Waals surface area contributed by atoms with Crippen LogP contribution in [-0.2, 0) is 13.6 Å². The van der Waals surface area contributed by atoms with E-state index in [0.717, 1.165) is 59.1 Å². The number of hydrogen-bond acceptors (Lipinski definition) is 5. The molecule has 0 spiro atoms. The van der Waals surface area contributed by atoms with Crippen molar-refractivity contribution >= 4 is 10.9 Å². The highest BCUT2D eigenvalue weighted by Crippen LogP contribution is 2.38. The van der Waals surface area contributed by atoms with Gasteiger partial charge in [0, 0.05) is 43.8 Å². The first-order chi connectivity index (χ1) is 13.9. The Balaban J connectivity index is 1.75. The van der Waals surface area contributed by atoms with Gasteiger partial charge in [0.1, 0.15) is 17.0 Å². The van der Waals surface area contributed by atoms with Gasteiger partial charge in [0.05, 0.1) is 26.0 Å². The van der Waals surface area contributed by atoms with E-state index in [-0.39, 0.29) is 5.56 Å². The number of nitrogens with one attached hydrogen (secondary N) is 1. The minimum atomic E-state index is -0.103. The summed E-state index contributed by atoms with van der Waals surface area (Å²) in [5.41, 5.74) is 3.27. The number of methoxy groups -OCH3 is 2. The molecule has 29 heavy (non-hydrogen) atoms. The molecule has 0 bridgehead atoms. The van der Waals surface area contributed by atoms with Crippen molar-refractivity contribution in [2.75, 3.05) is 27.3 Å². The lowest BCUT2D eigenvalue weighted by Gasteiger charge is -2.42. The molecular weight excluding hydrogens is 368 g/mol. The lowest BCUT2D eigenvalue weighted by atomic mass is 9.88. The van der Waals surface area contributed by atoms with Crippen molar-refractivity contribution in [3.63, 3.8) is 0 Å². The predicted molar refractivity (Wildman–Crippen MR) is 113 cm³/mol. The molecule has 0 aliphatic carbocycles. The van der Waals surface area contributed by atoms with E-state index in [1.807, 2.05) is 18.3 Å². The summed E-state index contributed by atoms with van der Waals surface area (Å²) < 4.78 is 13.0. The number of fused-ring (bicyclic) bond motifs is 1. The SMILES string of the molecule is COc1cc(-c2cn(C)c(=O)c3[nH]ncc23)cc(OC)c1CN1CC(C(C)C)C1. The molecule has 4 rings (SSSR count). The summed E-state index contributed by atoms with van der Waals surface area (Å²) in [4.78, 5) is 14.8. The zero-order valence-electron chi connectivity index (χ0n) is 17.7. The number of aryl methyl sites for hydroxylation is 1. The van der Waals surface area contributed by atoms with Crippen molar-refractivity contribution in [1.29, 1.82) is 0 Å². The number of hydrogen-bond donors (Lipinski definition) is 1. The number of rotatable bonds is 6. The molecule has 7 nitrogen and oxygen atoms in total. The van der Waals surface area contributed by atoms with Crippen molar-refractivity contribution in [3.8, 4) is 22.6 Å². The molecule has 0 atom stereocenters. The molecule has 0 saturated carbocycles. The third-order valence-electron chi connectivity index (χ3n) is 6.02. The fourth-order valence-electron chi connectivity index (χ4n) is 4.06. The third-order valence-corrected chi connectivity index (χ3v) is 6.02. The molecule has 0 radical (unpaired) electrons. The highest BCUT2D eigenvalue weighted by atomic mass is 16.5. The Bertz CT molecular complexity index is 1070. The molecule has 1 N–H and O–H groups in total. The van der Waals surface area contributed by atoms with Gasteiger partial charge in [0.2, 0.25) is 0 Å². The molecule has 3 aromatic rings. The molecule has 154 valence electrons. The smallest absolute Gasteiger partial charge is 0.276 e. The first-order valence-corrected chi connectivity index (χ1v) is 9.93. The number of likely N-dealkylation sites (tertiary alicyclic amines) is 1. The minimum Gasteiger partial charge on any atom is -0.496 e. The van der Waals surface area contributed by atoms with Crippen LogP contribution in [0.4, 0.5) is 0 Å². The van der Waals surface area contributed by atoms with Gasteiger partial charge in [-0.1, -0.05) is 13.8 Å². The maximum atomic E-state index is 12.3. The van der Waals surface area contributed by atoms with Gasteiger partial charge in [0.15, 0.2) is 0 Å². The first-order valence-electron chi connectivity index (χ1n) is 9.93. The molecule has 3 heterocycles. The Morgan fingerprint density at radius 3 is 2.45 bits per heavy atom. The molecule has 0 unspecified atom stereocenters. The molecule has 2 aromatic heterocycles. The molecule has 1 aliphatic heterocycles. The van der Waals surface area contributed by atoms with Crippen molar-refractivity contribution in [2.45, 2.75) is 20.4 Å². The lowest BCUT2D eigenvalue weighted by molar-refractivity contribution is 0.0600. The van der Waals surface area contributed by atoms with Crippen LogP contribution < -0.4 is 15.0 Å². The van der Waals surface area contributed by atoms with E-state index >= 15 is 0 Å². The van der Waals surface area contributed by atoms with Crippen molar-refractivity contribution in [1.82, 2.24) is 19.7 Å². The molecule has 1 aromatic carbocycles. The van der Waals surface area contributed by atoms with Crippen LogP contribution in [0.25, 0.3) is 22.0 Å². The molecular formula is C22H28N4O3. The third kappa shape index (κ3) is 3.40. The van der Waals surface area contributed by atoms with Crippen LogP contribution in [0.1, 0.15) is 19.4 Å². The van der Waals surface area contributed by atoms with E-state index in [4.69, 9.17) is 9.47 Å². The fraction of sp³-hybridized carbons (Fsp3) is 0.455. The van der Waals surface area contributed by atoms with Gasteiger partial charge in [-0.05, 0) is 29.5 Å². The van der Waals surface area contributed by atoms with E-state index in [9.17, 15) is 4.79 Å². The van der Waals surface area contributed by atoms with Crippen LogP contribution in [0.15, 0.2) is 29.3 Å². The van der Waals surface area contributed by atoms with Crippen LogP contribution >= 0.6 is 0 Å². The summed E-state index contributed by atoms with van der Waals surface area (Å²) in [6.45, 7) is 7.55. The van der Waals surface area contributed by atoms with Gasteiger partial charge in [0.25, 0.3) is 5.56 Å². The summed E-state index contributed by atoms with van der Waals surface area (Å²) in [6, 6.07) is 4.04. The maximum absolute atomic E-state index is 12.3. The van der Waals surface area contributed by atoms with E-state index < -0.39 is 0 Å². The largest absolute Gasteiger partial charge is 0.496 e. The van der Waals surface area contributed by atoms with Gasteiger partial charge in [-0.3, -0.25) is 14.8 Å². The number of benzene rings is 1. The molecule has 0 amide bonds. The van der Waals surface area contributed by atoms with Crippen LogP contribution in [0.3, 0.4) is 0 Å². The lowest BCUT2D eigenvalue weighted by Crippen LogP contribution is -2.48. The molecule has 1 saturated heterocycles. The number of nitrogens with zero attached hydrogens (tertiary/aromatic N) is 3.